The number of piperidine rings is 1. The minimum absolute atomic E-state index is 0.0153. The molecular weight excluding hydrogens is 524 g/mol. The zero-order chi connectivity index (χ0) is 27.9. The second kappa shape index (κ2) is 10.8. The molecule has 2 heterocycles. The molecule has 2 aromatic rings. The Kier molecular flexibility index (Phi) is 7.79. The van der Waals surface area contributed by atoms with E-state index in [9.17, 15) is 36.2 Å². The molecule has 3 fully saturated rings. The van der Waals surface area contributed by atoms with Crippen LogP contribution in [0.3, 0.4) is 0 Å². The third-order valence-corrected chi connectivity index (χ3v) is 8.88. The van der Waals surface area contributed by atoms with Crippen LogP contribution in [-0.4, -0.2) is 46.9 Å². The van der Waals surface area contributed by atoms with Gasteiger partial charge in [0, 0.05) is 12.1 Å². The number of hydrogen-bond acceptors (Lipinski definition) is 3. The van der Waals surface area contributed by atoms with Gasteiger partial charge in [0.15, 0.2) is 0 Å². The van der Waals surface area contributed by atoms with Crippen LogP contribution in [0.2, 0.25) is 0 Å². The molecule has 0 aromatic heterocycles. The molecule has 10 heteroatoms. The van der Waals surface area contributed by atoms with Gasteiger partial charge in [0.05, 0.1) is 17.9 Å². The highest BCUT2D eigenvalue weighted by atomic mass is 19.4. The largest absolute Gasteiger partial charge is 0.490 e. The average molecular weight is 558 g/mol. The van der Waals surface area contributed by atoms with Crippen LogP contribution >= 0.6 is 0 Å². The number of carbonyl (C=O) groups is 1. The van der Waals surface area contributed by atoms with Gasteiger partial charge in [0.25, 0.3) is 0 Å². The van der Waals surface area contributed by atoms with E-state index in [0.717, 1.165) is 31.4 Å². The fraction of sp³-hybridized carbons (Fsp3) is 0.621. The quantitative estimate of drug-likeness (QED) is 0.356. The monoisotopic (exact) mass is 557 g/mol. The fourth-order valence-corrected chi connectivity index (χ4v) is 6.90. The first-order valence-corrected chi connectivity index (χ1v) is 13.7. The number of aliphatic carboxylic acids is 1. The number of carboxylic acids is 1. The zero-order valence-electron chi connectivity index (χ0n) is 21.5. The summed E-state index contributed by atoms with van der Waals surface area (Å²) >= 11 is 0. The predicted octanol–water partition coefficient (Wildman–Crippen LogP) is 7.62. The Morgan fingerprint density at radius 3 is 2.18 bits per heavy atom. The molecule has 1 aliphatic carbocycles. The van der Waals surface area contributed by atoms with E-state index in [0.29, 0.717) is 24.6 Å². The van der Waals surface area contributed by atoms with Crippen molar-refractivity contribution in [2.75, 3.05) is 6.54 Å². The Morgan fingerprint density at radius 1 is 0.923 bits per heavy atom. The van der Waals surface area contributed by atoms with Crippen LogP contribution in [0.4, 0.5) is 26.3 Å². The van der Waals surface area contributed by atoms with Crippen LogP contribution in [-0.2, 0) is 17.4 Å². The summed E-state index contributed by atoms with van der Waals surface area (Å²) in [5, 5.41) is 9.83. The normalized spacial score (nSPS) is 28.1. The van der Waals surface area contributed by atoms with Crippen LogP contribution in [0.5, 0.6) is 5.75 Å². The molecule has 214 valence electrons. The van der Waals surface area contributed by atoms with Gasteiger partial charge in [-0.3, -0.25) is 9.69 Å². The van der Waals surface area contributed by atoms with E-state index in [2.05, 4.69) is 4.90 Å². The number of nitrogens with zero attached hydrogens (tertiary/aromatic N) is 1. The summed E-state index contributed by atoms with van der Waals surface area (Å²) in [7, 11) is 0. The third kappa shape index (κ3) is 6.15. The molecule has 0 radical (unpaired) electrons. The lowest BCUT2D eigenvalue weighted by Crippen LogP contribution is -2.45. The number of aryl methyl sites for hydroxylation is 1. The topological polar surface area (TPSA) is 49.8 Å². The summed E-state index contributed by atoms with van der Waals surface area (Å²) in [6.45, 7) is 0.830. The van der Waals surface area contributed by atoms with Gasteiger partial charge >= 0.3 is 18.3 Å². The van der Waals surface area contributed by atoms with E-state index < -0.39 is 35.9 Å². The van der Waals surface area contributed by atoms with E-state index >= 15 is 0 Å². The number of fused-ring (bicyclic) bond motifs is 3. The molecular formula is C29H33F6NO3. The Morgan fingerprint density at radius 2 is 1.59 bits per heavy atom. The summed E-state index contributed by atoms with van der Waals surface area (Å²) in [6.07, 6.45) is -4.93. The highest BCUT2D eigenvalue weighted by Gasteiger charge is 2.44. The smallest absolute Gasteiger partial charge is 0.420 e. The third-order valence-electron chi connectivity index (χ3n) is 8.88. The van der Waals surface area contributed by atoms with E-state index in [1.807, 2.05) is 0 Å². The first-order chi connectivity index (χ1) is 18.4. The van der Waals surface area contributed by atoms with Crippen molar-refractivity contribution in [1.29, 1.82) is 0 Å². The first-order valence-electron chi connectivity index (χ1n) is 13.7. The lowest BCUT2D eigenvalue weighted by Gasteiger charge is -2.37. The predicted molar refractivity (Wildman–Crippen MR) is 134 cm³/mol. The lowest BCUT2D eigenvalue weighted by molar-refractivity contribution is -0.185. The van der Waals surface area contributed by atoms with Crippen LogP contribution < -0.4 is 4.74 Å². The summed E-state index contributed by atoms with van der Waals surface area (Å²) in [6, 6.07) is 8.37. The van der Waals surface area contributed by atoms with E-state index in [1.54, 1.807) is 18.2 Å². The van der Waals surface area contributed by atoms with Crippen molar-refractivity contribution in [3.8, 4) is 5.75 Å². The molecule has 3 aliphatic rings. The molecule has 5 rings (SSSR count). The first kappa shape index (κ1) is 28.1. The second-order valence-corrected chi connectivity index (χ2v) is 11.4. The van der Waals surface area contributed by atoms with Crippen molar-refractivity contribution in [3.63, 3.8) is 0 Å². The maximum atomic E-state index is 14.1. The van der Waals surface area contributed by atoms with Gasteiger partial charge in [-0.25, -0.2) is 0 Å². The highest BCUT2D eigenvalue weighted by molar-refractivity contribution is 5.89. The summed E-state index contributed by atoms with van der Waals surface area (Å²) in [5.74, 6) is -2.76. The zero-order valence-corrected chi connectivity index (χ0v) is 21.5. The van der Waals surface area contributed by atoms with Crippen LogP contribution in [0, 0.1) is 11.8 Å². The molecule has 2 unspecified atom stereocenters. The number of halogens is 6. The maximum absolute atomic E-state index is 14.1. The maximum Gasteiger partial charge on any atom is 0.420 e. The van der Waals surface area contributed by atoms with Crippen molar-refractivity contribution in [1.82, 2.24) is 4.90 Å². The number of ether oxygens (including phenoxy) is 1. The minimum Gasteiger partial charge on any atom is -0.490 e. The lowest BCUT2D eigenvalue weighted by atomic mass is 9.87. The molecule has 2 aliphatic heterocycles. The number of hydrogen-bond donors (Lipinski definition) is 1. The van der Waals surface area contributed by atoms with Gasteiger partial charge in [0.1, 0.15) is 11.3 Å². The van der Waals surface area contributed by atoms with Gasteiger partial charge in [-0.15, -0.1) is 0 Å². The molecule has 2 aromatic carbocycles. The average Bonchev–Trinajstić information content (AvgIpc) is 3.09. The van der Waals surface area contributed by atoms with E-state index in [4.69, 9.17) is 4.74 Å². The molecule has 1 N–H and O–H groups in total. The SMILES string of the molecule is O=C(O)C1CC2CC[C@H](C1)N2CCCc1ccc2c(C(F)(F)F)c(OC3CCC(C(F)(F)F)CC3)ccc2c1. The molecule has 39 heavy (non-hydrogen) atoms. The number of rotatable bonds is 7. The van der Waals surface area contributed by atoms with Crippen LogP contribution in [0.15, 0.2) is 30.3 Å². The molecule has 0 amide bonds. The van der Waals surface area contributed by atoms with Crippen molar-refractivity contribution in [2.24, 2.45) is 11.8 Å². The molecule has 3 atom stereocenters. The Balaban J connectivity index is 1.25. The minimum atomic E-state index is -4.68. The molecule has 0 spiro atoms. The Hall–Kier alpha value is -2.49. The van der Waals surface area contributed by atoms with E-state index in [-0.39, 0.29) is 54.8 Å². The Labute approximate surface area is 223 Å². The number of alkyl halides is 6. The highest BCUT2D eigenvalue weighted by Crippen LogP contribution is 2.44. The van der Waals surface area contributed by atoms with Crippen molar-refractivity contribution < 1.29 is 41.0 Å². The molecule has 1 saturated carbocycles. The van der Waals surface area contributed by atoms with Crippen molar-refractivity contribution in [3.05, 3.63) is 41.5 Å². The number of benzene rings is 2. The van der Waals surface area contributed by atoms with Gasteiger partial charge in [-0.2, -0.15) is 26.3 Å². The molecule has 4 nitrogen and oxygen atoms in total. The Bertz CT molecular complexity index is 1170. The second-order valence-electron chi connectivity index (χ2n) is 11.4. The van der Waals surface area contributed by atoms with Crippen molar-refractivity contribution in [2.45, 2.75) is 94.7 Å². The van der Waals surface area contributed by atoms with Gasteiger partial charge < -0.3 is 9.84 Å². The standard InChI is InChI=1S/C29H33F6NO3/c30-28(31,32)20-5-9-23(10-6-20)39-25-12-4-18-14-17(3-11-24(18)26(25)29(33,34)35)2-1-13-36-21-7-8-22(36)16-19(15-21)27(37)38/h3-4,11-12,14,19-23H,1-2,5-10,13,15-16H2,(H,37,38)/t19?,20?,21-,22?,23?/m1/s1. The summed E-state index contributed by atoms with van der Waals surface area (Å²) in [4.78, 5) is 13.8. The molecule has 2 bridgehead atoms. The van der Waals surface area contributed by atoms with E-state index in [1.165, 1.54) is 12.1 Å². The van der Waals surface area contributed by atoms with Crippen LogP contribution in [0.25, 0.3) is 10.8 Å². The summed E-state index contributed by atoms with van der Waals surface area (Å²) < 4.78 is 87.0. The van der Waals surface area contributed by atoms with Gasteiger partial charge in [-0.1, -0.05) is 24.3 Å². The van der Waals surface area contributed by atoms with Crippen LogP contribution in [0.1, 0.15) is 68.9 Å². The number of carboxylic acid groups (broad SMARTS) is 1. The van der Waals surface area contributed by atoms with Crippen molar-refractivity contribution >= 4 is 16.7 Å². The van der Waals surface area contributed by atoms with Gasteiger partial charge in [0.2, 0.25) is 0 Å². The van der Waals surface area contributed by atoms with Gasteiger partial charge in [-0.05, 0) is 93.2 Å². The fourth-order valence-electron chi connectivity index (χ4n) is 6.90. The molecule has 2 saturated heterocycles. The summed E-state index contributed by atoms with van der Waals surface area (Å²) in [5.41, 5.74) is 0.0323.